The molecule has 0 aliphatic carbocycles. The number of fused-ring (bicyclic) bond motifs is 1. The van der Waals surface area contributed by atoms with Gasteiger partial charge in [-0.05, 0) is 53.2 Å². The number of benzene rings is 2. The van der Waals surface area contributed by atoms with Crippen molar-refractivity contribution in [2.75, 3.05) is 0 Å². The molecule has 1 fully saturated rings. The summed E-state index contributed by atoms with van der Waals surface area (Å²) in [6.45, 7) is 0.383. The van der Waals surface area contributed by atoms with Crippen LogP contribution in [0.4, 0.5) is 13.6 Å². The average Bonchev–Trinajstić information content (AvgIpc) is 3.15. The van der Waals surface area contributed by atoms with Gasteiger partial charge in [-0.2, -0.15) is 0 Å². The summed E-state index contributed by atoms with van der Waals surface area (Å²) in [5, 5.41) is 2.74. The van der Waals surface area contributed by atoms with Gasteiger partial charge in [0.25, 0.3) is 11.1 Å². The van der Waals surface area contributed by atoms with E-state index in [1.165, 1.54) is 6.07 Å². The normalized spacial score (nSPS) is 15.8. The maximum Gasteiger partial charge on any atom is 0.290 e. The molecular formula is C19H12F2N2O2S. The summed E-state index contributed by atoms with van der Waals surface area (Å²) < 4.78 is 28.4. The molecule has 1 N–H and O–H groups in total. The van der Waals surface area contributed by atoms with Crippen molar-refractivity contribution >= 4 is 39.9 Å². The van der Waals surface area contributed by atoms with E-state index in [1.54, 1.807) is 12.1 Å². The fraction of sp³-hybridized carbons (Fsp3) is 0.0526. The van der Waals surface area contributed by atoms with E-state index in [9.17, 15) is 18.4 Å². The average molecular weight is 370 g/mol. The van der Waals surface area contributed by atoms with Gasteiger partial charge in [0.15, 0.2) is 11.6 Å². The number of thioether (sulfide) groups is 1. The first kappa shape index (κ1) is 16.5. The summed E-state index contributed by atoms with van der Waals surface area (Å²) in [5.74, 6) is -2.15. The van der Waals surface area contributed by atoms with E-state index in [0.717, 1.165) is 34.3 Å². The Morgan fingerprint density at radius 2 is 1.92 bits per heavy atom. The smallest absolute Gasteiger partial charge is 0.290 e. The minimum absolute atomic E-state index is 0.343. The van der Waals surface area contributed by atoms with Crippen LogP contribution in [0.5, 0.6) is 0 Å². The molecule has 4 rings (SSSR count). The maximum atomic E-state index is 13.4. The molecule has 1 aliphatic heterocycles. The lowest BCUT2D eigenvalue weighted by Crippen LogP contribution is -2.17. The first-order valence-corrected chi connectivity index (χ1v) is 8.59. The third-order valence-corrected chi connectivity index (χ3v) is 4.92. The van der Waals surface area contributed by atoms with Gasteiger partial charge in [0.2, 0.25) is 0 Å². The summed E-state index contributed by atoms with van der Waals surface area (Å²) in [6.07, 6.45) is 3.52. The molecule has 3 aromatic rings. The quantitative estimate of drug-likeness (QED) is 0.700. The zero-order valence-corrected chi connectivity index (χ0v) is 14.1. The molecule has 2 heterocycles. The molecule has 130 valence electrons. The molecule has 0 spiro atoms. The molecule has 2 aromatic carbocycles. The lowest BCUT2D eigenvalue weighted by Gasteiger charge is -2.07. The van der Waals surface area contributed by atoms with Crippen molar-refractivity contribution in [2.24, 2.45) is 0 Å². The third-order valence-electron chi connectivity index (χ3n) is 4.11. The van der Waals surface area contributed by atoms with E-state index in [2.05, 4.69) is 5.32 Å². The number of halogens is 2. The highest BCUT2D eigenvalue weighted by Gasteiger charge is 2.25. The second kappa shape index (κ2) is 6.42. The number of rotatable bonds is 3. The van der Waals surface area contributed by atoms with Crippen molar-refractivity contribution in [2.45, 2.75) is 6.54 Å². The number of carbonyl (C=O) groups is 2. The zero-order chi connectivity index (χ0) is 18.3. The predicted molar refractivity (Wildman–Crippen MR) is 96.5 cm³/mol. The number of nitrogens with one attached hydrogen (secondary N) is 1. The van der Waals surface area contributed by atoms with Crippen LogP contribution >= 0.6 is 11.8 Å². The van der Waals surface area contributed by atoms with Crippen LogP contribution in [0.2, 0.25) is 0 Å². The number of imide groups is 1. The SMILES string of the molecule is O=C1NC(=O)/C(=C/c2cccc3c2ccn3Cc2ccc(F)c(F)c2)S1. The second-order valence-corrected chi connectivity index (χ2v) is 6.84. The summed E-state index contributed by atoms with van der Waals surface area (Å²) in [7, 11) is 0. The molecule has 2 amide bonds. The summed E-state index contributed by atoms with van der Waals surface area (Å²) in [5.41, 5.74) is 2.33. The summed E-state index contributed by atoms with van der Waals surface area (Å²) in [4.78, 5) is 23.4. The van der Waals surface area contributed by atoms with E-state index >= 15 is 0 Å². The van der Waals surface area contributed by atoms with Gasteiger partial charge in [-0.1, -0.05) is 18.2 Å². The van der Waals surface area contributed by atoms with Gasteiger partial charge in [-0.15, -0.1) is 0 Å². The zero-order valence-electron chi connectivity index (χ0n) is 13.3. The first-order chi connectivity index (χ1) is 12.5. The Morgan fingerprint density at radius 3 is 2.65 bits per heavy atom. The van der Waals surface area contributed by atoms with Crippen molar-refractivity contribution in [1.82, 2.24) is 9.88 Å². The monoisotopic (exact) mass is 370 g/mol. The molecule has 1 aliphatic rings. The van der Waals surface area contributed by atoms with Crippen LogP contribution in [0.25, 0.3) is 17.0 Å². The molecule has 0 unspecified atom stereocenters. The number of carbonyl (C=O) groups excluding carboxylic acids is 2. The molecule has 0 atom stereocenters. The van der Waals surface area contributed by atoms with Gasteiger partial charge >= 0.3 is 0 Å². The van der Waals surface area contributed by atoms with Gasteiger partial charge in [0, 0.05) is 23.6 Å². The minimum atomic E-state index is -0.877. The molecule has 7 heteroatoms. The van der Waals surface area contributed by atoms with Crippen molar-refractivity contribution < 1.29 is 18.4 Å². The van der Waals surface area contributed by atoms with E-state index < -0.39 is 17.5 Å². The lowest BCUT2D eigenvalue weighted by molar-refractivity contribution is -0.115. The highest BCUT2D eigenvalue weighted by Crippen LogP contribution is 2.29. The van der Waals surface area contributed by atoms with Crippen molar-refractivity contribution in [3.8, 4) is 0 Å². The Balaban J connectivity index is 1.71. The molecule has 26 heavy (non-hydrogen) atoms. The predicted octanol–water partition coefficient (Wildman–Crippen LogP) is 4.29. The van der Waals surface area contributed by atoms with E-state index in [4.69, 9.17) is 0 Å². The van der Waals surface area contributed by atoms with E-state index in [1.807, 2.05) is 35.0 Å². The van der Waals surface area contributed by atoms with Crippen LogP contribution in [0, 0.1) is 11.6 Å². The number of hydrogen-bond acceptors (Lipinski definition) is 3. The van der Waals surface area contributed by atoms with Gasteiger partial charge < -0.3 is 4.57 Å². The summed E-state index contributed by atoms with van der Waals surface area (Å²) >= 11 is 0.867. The standard InChI is InChI=1S/C19H12F2N2O2S/c20-14-5-4-11(8-15(14)21)10-23-7-6-13-12(2-1-3-16(13)23)9-17-18(24)22-19(25)26-17/h1-9H,10H2,(H,22,24,25)/b17-9-. The van der Waals surface area contributed by atoms with Crippen LogP contribution in [-0.4, -0.2) is 15.7 Å². The van der Waals surface area contributed by atoms with Crippen LogP contribution < -0.4 is 5.32 Å². The van der Waals surface area contributed by atoms with Crippen LogP contribution in [0.3, 0.4) is 0 Å². The van der Waals surface area contributed by atoms with E-state index in [0.29, 0.717) is 17.0 Å². The van der Waals surface area contributed by atoms with Crippen LogP contribution in [0.1, 0.15) is 11.1 Å². The highest BCUT2D eigenvalue weighted by molar-refractivity contribution is 8.18. The fourth-order valence-corrected chi connectivity index (χ4v) is 3.58. The van der Waals surface area contributed by atoms with Crippen molar-refractivity contribution in [1.29, 1.82) is 0 Å². The van der Waals surface area contributed by atoms with Crippen molar-refractivity contribution in [3.63, 3.8) is 0 Å². The van der Waals surface area contributed by atoms with Crippen LogP contribution in [0.15, 0.2) is 53.6 Å². The Morgan fingerprint density at radius 1 is 1.08 bits per heavy atom. The first-order valence-electron chi connectivity index (χ1n) is 7.78. The molecule has 4 nitrogen and oxygen atoms in total. The largest absolute Gasteiger partial charge is 0.343 e. The Kier molecular flexibility index (Phi) is 4.08. The molecule has 1 aromatic heterocycles. The lowest BCUT2D eigenvalue weighted by atomic mass is 10.1. The van der Waals surface area contributed by atoms with Crippen LogP contribution in [-0.2, 0) is 11.3 Å². The Bertz CT molecular complexity index is 1090. The maximum absolute atomic E-state index is 13.4. The molecule has 0 bridgehead atoms. The highest BCUT2D eigenvalue weighted by atomic mass is 32.2. The van der Waals surface area contributed by atoms with Gasteiger partial charge in [0.1, 0.15) is 0 Å². The number of hydrogen-bond donors (Lipinski definition) is 1. The van der Waals surface area contributed by atoms with E-state index in [-0.39, 0.29) is 5.24 Å². The van der Waals surface area contributed by atoms with Gasteiger partial charge in [0.05, 0.1) is 4.91 Å². The molecule has 0 saturated carbocycles. The third kappa shape index (κ3) is 3.01. The van der Waals surface area contributed by atoms with Gasteiger partial charge in [-0.3, -0.25) is 14.9 Å². The van der Waals surface area contributed by atoms with Crippen molar-refractivity contribution in [3.05, 3.63) is 76.3 Å². The molecular weight excluding hydrogens is 358 g/mol. The van der Waals surface area contributed by atoms with Gasteiger partial charge in [-0.25, -0.2) is 8.78 Å². The number of amides is 2. The number of aromatic nitrogens is 1. The topological polar surface area (TPSA) is 51.1 Å². The Labute approximate surface area is 151 Å². The Hall–Kier alpha value is -2.93. The summed E-state index contributed by atoms with van der Waals surface area (Å²) in [6, 6.07) is 11.3. The second-order valence-electron chi connectivity index (χ2n) is 5.82. The molecule has 0 radical (unpaired) electrons. The fourth-order valence-electron chi connectivity index (χ4n) is 2.91. The minimum Gasteiger partial charge on any atom is -0.343 e. The molecule has 1 saturated heterocycles. The number of nitrogens with zero attached hydrogens (tertiary/aromatic N) is 1.